The van der Waals surface area contributed by atoms with Gasteiger partial charge in [0.05, 0.1) is 16.0 Å². The first-order chi connectivity index (χ1) is 8.01. The molecule has 2 aromatic rings. The summed E-state index contributed by atoms with van der Waals surface area (Å²) in [5.41, 5.74) is -0.279. The minimum Gasteiger partial charge on any atom is -0.258 e. The SMILES string of the molecule is O=[N+]([O-])c1cccc(S(=O)(=O)n2cccn2)c1. The predicted octanol–water partition coefficient (Wildman–Crippen LogP) is 1.03. The number of nitro groups is 1. The number of nitro benzene ring substituents is 1. The average Bonchev–Trinajstić information content (AvgIpc) is 2.83. The molecule has 17 heavy (non-hydrogen) atoms. The second-order valence-electron chi connectivity index (χ2n) is 3.14. The molecule has 1 aromatic carbocycles. The van der Waals surface area contributed by atoms with Gasteiger partial charge in [-0.1, -0.05) is 6.07 Å². The van der Waals surface area contributed by atoms with Crippen LogP contribution in [0.2, 0.25) is 0 Å². The monoisotopic (exact) mass is 253 g/mol. The molecular weight excluding hydrogens is 246 g/mol. The summed E-state index contributed by atoms with van der Waals surface area (Å²) < 4.78 is 24.7. The van der Waals surface area contributed by atoms with E-state index in [1.807, 2.05) is 0 Å². The molecule has 0 aliphatic heterocycles. The summed E-state index contributed by atoms with van der Waals surface area (Å²) >= 11 is 0. The van der Waals surface area contributed by atoms with Crippen LogP contribution >= 0.6 is 0 Å². The van der Waals surface area contributed by atoms with Gasteiger partial charge in [0.15, 0.2) is 0 Å². The molecular formula is C9H7N3O4S. The van der Waals surface area contributed by atoms with Crippen molar-refractivity contribution in [3.05, 3.63) is 52.8 Å². The maximum Gasteiger partial charge on any atom is 0.283 e. The van der Waals surface area contributed by atoms with E-state index in [0.29, 0.717) is 0 Å². The van der Waals surface area contributed by atoms with Crippen LogP contribution in [-0.2, 0) is 10.0 Å². The Balaban J connectivity index is 2.55. The third-order valence-corrected chi connectivity index (χ3v) is 3.61. The smallest absolute Gasteiger partial charge is 0.258 e. The van der Waals surface area contributed by atoms with Gasteiger partial charge in [0, 0.05) is 18.3 Å². The van der Waals surface area contributed by atoms with E-state index in [-0.39, 0.29) is 10.6 Å². The summed E-state index contributed by atoms with van der Waals surface area (Å²) in [6.45, 7) is 0. The summed E-state index contributed by atoms with van der Waals surface area (Å²) in [7, 11) is -3.85. The minimum atomic E-state index is -3.85. The highest BCUT2D eigenvalue weighted by Crippen LogP contribution is 2.18. The van der Waals surface area contributed by atoms with E-state index in [1.54, 1.807) is 0 Å². The first kappa shape index (κ1) is 11.3. The molecule has 2 rings (SSSR count). The lowest BCUT2D eigenvalue weighted by molar-refractivity contribution is -0.385. The first-order valence-electron chi connectivity index (χ1n) is 4.51. The average molecular weight is 253 g/mol. The first-order valence-corrected chi connectivity index (χ1v) is 5.95. The van der Waals surface area contributed by atoms with E-state index in [4.69, 9.17) is 0 Å². The maximum absolute atomic E-state index is 11.9. The quantitative estimate of drug-likeness (QED) is 0.601. The molecule has 0 aliphatic carbocycles. The van der Waals surface area contributed by atoms with Gasteiger partial charge < -0.3 is 0 Å². The van der Waals surface area contributed by atoms with Crippen LogP contribution in [-0.4, -0.2) is 22.5 Å². The lowest BCUT2D eigenvalue weighted by atomic mass is 10.3. The Kier molecular flexibility index (Phi) is 2.64. The van der Waals surface area contributed by atoms with Gasteiger partial charge in [-0.05, 0) is 12.1 Å². The zero-order valence-electron chi connectivity index (χ0n) is 8.42. The van der Waals surface area contributed by atoms with Crippen molar-refractivity contribution >= 4 is 15.7 Å². The van der Waals surface area contributed by atoms with Crippen LogP contribution in [0.1, 0.15) is 0 Å². The van der Waals surface area contributed by atoms with Crippen molar-refractivity contribution in [1.29, 1.82) is 0 Å². The normalized spacial score (nSPS) is 11.3. The molecule has 8 heteroatoms. The van der Waals surface area contributed by atoms with Crippen molar-refractivity contribution in [2.45, 2.75) is 4.90 Å². The fourth-order valence-corrected chi connectivity index (χ4v) is 2.41. The number of hydrogen-bond donors (Lipinski definition) is 0. The molecule has 0 radical (unpaired) electrons. The Hall–Kier alpha value is -2.22. The second-order valence-corrected chi connectivity index (χ2v) is 4.93. The molecule has 1 aromatic heterocycles. The molecule has 0 atom stereocenters. The third-order valence-electron chi connectivity index (χ3n) is 2.05. The zero-order valence-corrected chi connectivity index (χ0v) is 9.24. The topological polar surface area (TPSA) is 95.1 Å². The molecule has 0 amide bonds. The van der Waals surface area contributed by atoms with Gasteiger partial charge >= 0.3 is 0 Å². The van der Waals surface area contributed by atoms with Crippen LogP contribution in [0.15, 0.2) is 47.6 Å². The van der Waals surface area contributed by atoms with Gasteiger partial charge in [-0.3, -0.25) is 10.1 Å². The summed E-state index contributed by atoms with van der Waals surface area (Å²) in [5, 5.41) is 14.2. The molecule has 0 unspecified atom stereocenters. The van der Waals surface area contributed by atoms with Crippen LogP contribution < -0.4 is 0 Å². The Bertz CT molecular complexity index is 649. The molecule has 0 saturated carbocycles. The fraction of sp³-hybridized carbons (Fsp3) is 0. The number of hydrogen-bond acceptors (Lipinski definition) is 5. The number of nitrogens with zero attached hydrogens (tertiary/aromatic N) is 3. The lowest BCUT2D eigenvalue weighted by Crippen LogP contribution is -2.13. The van der Waals surface area contributed by atoms with Crippen molar-refractivity contribution in [1.82, 2.24) is 9.19 Å². The van der Waals surface area contributed by atoms with E-state index in [9.17, 15) is 18.5 Å². The Morgan fingerprint density at radius 3 is 2.65 bits per heavy atom. The molecule has 7 nitrogen and oxygen atoms in total. The number of benzene rings is 1. The van der Waals surface area contributed by atoms with Crippen LogP contribution in [0, 0.1) is 10.1 Å². The number of non-ortho nitro benzene ring substituents is 1. The van der Waals surface area contributed by atoms with Crippen molar-refractivity contribution in [3.8, 4) is 0 Å². The predicted molar refractivity (Wildman–Crippen MR) is 57.9 cm³/mol. The molecule has 1 heterocycles. The summed E-state index contributed by atoms with van der Waals surface area (Å²) in [5.74, 6) is 0. The van der Waals surface area contributed by atoms with Gasteiger partial charge in [-0.25, -0.2) is 0 Å². The van der Waals surface area contributed by atoms with E-state index in [0.717, 1.165) is 10.2 Å². The van der Waals surface area contributed by atoms with Crippen LogP contribution in [0.25, 0.3) is 0 Å². The number of rotatable bonds is 3. The second kappa shape index (κ2) is 3.98. The summed E-state index contributed by atoms with van der Waals surface area (Å²) in [6.07, 6.45) is 2.57. The van der Waals surface area contributed by atoms with Crippen molar-refractivity contribution in [3.63, 3.8) is 0 Å². The van der Waals surface area contributed by atoms with Gasteiger partial charge in [-0.2, -0.15) is 17.6 Å². The molecule has 0 saturated heterocycles. The third kappa shape index (κ3) is 2.02. The van der Waals surface area contributed by atoms with E-state index < -0.39 is 14.9 Å². The standard InChI is InChI=1S/C9H7N3O4S/c13-12(14)8-3-1-4-9(7-8)17(15,16)11-6-2-5-10-11/h1-7H. The van der Waals surface area contributed by atoms with Crippen LogP contribution in [0.5, 0.6) is 0 Å². The highest BCUT2D eigenvalue weighted by molar-refractivity contribution is 7.89. The van der Waals surface area contributed by atoms with Crippen molar-refractivity contribution in [2.24, 2.45) is 0 Å². The fourth-order valence-electron chi connectivity index (χ4n) is 1.26. The van der Waals surface area contributed by atoms with Crippen LogP contribution in [0.3, 0.4) is 0 Å². The van der Waals surface area contributed by atoms with Crippen molar-refractivity contribution < 1.29 is 13.3 Å². The van der Waals surface area contributed by atoms with E-state index in [1.165, 1.54) is 36.7 Å². The van der Waals surface area contributed by atoms with Crippen molar-refractivity contribution in [2.75, 3.05) is 0 Å². The molecule has 0 bridgehead atoms. The molecule has 0 spiro atoms. The van der Waals surface area contributed by atoms with Gasteiger partial charge in [0.2, 0.25) is 0 Å². The van der Waals surface area contributed by atoms with Crippen LogP contribution in [0.4, 0.5) is 5.69 Å². The Morgan fingerprint density at radius 1 is 1.29 bits per heavy atom. The summed E-state index contributed by atoms with van der Waals surface area (Å²) in [4.78, 5) is 9.73. The Morgan fingerprint density at radius 2 is 2.06 bits per heavy atom. The zero-order chi connectivity index (χ0) is 12.5. The highest BCUT2D eigenvalue weighted by Gasteiger charge is 2.19. The maximum atomic E-state index is 11.9. The molecule has 0 aliphatic rings. The number of aromatic nitrogens is 2. The minimum absolute atomic E-state index is 0.171. The van der Waals surface area contributed by atoms with E-state index in [2.05, 4.69) is 5.10 Å². The molecule has 88 valence electrons. The van der Waals surface area contributed by atoms with Gasteiger partial charge in [0.1, 0.15) is 0 Å². The molecule has 0 fully saturated rings. The Labute approximate surface area is 96.5 Å². The van der Waals surface area contributed by atoms with E-state index >= 15 is 0 Å². The molecule has 0 N–H and O–H groups in total. The van der Waals surface area contributed by atoms with Gasteiger partial charge in [-0.15, -0.1) is 0 Å². The lowest BCUT2D eigenvalue weighted by Gasteiger charge is -2.03. The van der Waals surface area contributed by atoms with Gasteiger partial charge in [0.25, 0.3) is 15.7 Å². The highest BCUT2D eigenvalue weighted by atomic mass is 32.2. The largest absolute Gasteiger partial charge is 0.283 e. The summed E-state index contributed by atoms with van der Waals surface area (Å²) in [6, 6.07) is 6.27.